The molecule has 0 radical (unpaired) electrons. The van der Waals surface area contributed by atoms with E-state index in [4.69, 9.17) is 0 Å². The van der Waals surface area contributed by atoms with E-state index in [0.29, 0.717) is 0 Å². The van der Waals surface area contributed by atoms with E-state index in [-0.39, 0.29) is 0 Å². The van der Waals surface area contributed by atoms with Crippen LogP contribution in [-0.4, -0.2) is 9.97 Å². The van der Waals surface area contributed by atoms with Crippen molar-refractivity contribution in [2.75, 3.05) is 0 Å². The van der Waals surface area contributed by atoms with Crippen LogP contribution >= 0.6 is 11.3 Å². The Balaban J connectivity index is 2.65. The molecule has 0 amide bonds. The second kappa shape index (κ2) is 2.50. The first-order chi connectivity index (χ1) is 6.45. The van der Waals surface area contributed by atoms with Crippen LogP contribution in [0.5, 0.6) is 0 Å². The van der Waals surface area contributed by atoms with Crippen molar-refractivity contribution < 1.29 is 0 Å². The zero-order valence-corrected chi connectivity index (χ0v) is 7.58. The second-order valence-corrected chi connectivity index (χ2v) is 3.80. The summed E-state index contributed by atoms with van der Waals surface area (Å²) in [7, 11) is 0. The van der Waals surface area contributed by atoms with Crippen molar-refractivity contribution in [1.29, 1.82) is 0 Å². The summed E-state index contributed by atoms with van der Waals surface area (Å²) >= 11 is 1.71. The minimum Gasteiger partial charge on any atom is -0.264 e. The van der Waals surface area contributed by atoms with Crippen molar-refractivity contribution in [2.24, 2.45) is 0 Å². The maximum absolute atomic E-state index is 4.35. The summed E-state index contributed by atoms with van der Waals surface area (Å²) in [5.74, 6) is 0. The van der Waals surface area contributed by atoms with Crippen molar-refractivity contribution in [3.05, 3.63) is 36.1 Å². The van der Waals surface area contributed by atoms with Crippen LogP contribution in [0.3, 0.4) is 0 Å². The molecule has 3 aromatic rings. The van der Waals surface area contributed by atoms with Gasteiger partial charge in [0.25, 0.3) is 0 Å². The first kappa shape index (κ1) is 6.97. The molecular weight excluding hydrogens is 180 g/mol. The van der Waals surface area contributed by atoms with Crippen molar-refractivity contribution >= 4 is 32.3 Å². The Labute approximate surface area is 78.9 Å². The van der Waals surface area contributed by atoms with Crippen LogP contribution in [0.1, 0.15) is 0 Å². The van der Waals surface area contributed by atoms with Gasteiger partial charge in [-0.15, -0.1) is 11.3 Å². The molecule has 0 fully saturated rings. The summed E-state index contributed by atoms with van der Waals surface area (Å²) in [6.07, 6.45) is 5.56. The molecule has 0 spiro atoms. The lowest BCUT2D eigenvalue weighted by Crippen LogP contribution is -1.79. The number of nitrogens with zero attached hydrogens (tertiary/aromatic N) is 2. The van der Waals surface area contributed by atoms with Crippen molar-refractivity contribution in [2.45, 2.75) is 0 Å². The molecule has 0 aromatic carbocycles. The summed E-state index contributed by atoms with van der Waals surface area (Å²) in [5.41, 5.74) is 1.01. The van der Waals surface area contributed by atoms with Gasteiger partial charge in [0.1, 0.15) is 0 Å². The standard InChI is InChI=1S/C10H6N2S/c1-3-11-5-8-7-2-4-13-10(7)6-12-9(1)8/h1-6H. The quantitative estimate of drug-likeness (QED) is 0.539. The van der Waals surface area contributed by atoms with Gasteiger partial charge in [0.2, 0.25) is 0 Å². The molecule has 0 N–H and O–H groups in total. The Bertz CT molecular complexity index is 571. The number of fused-ring (bicyclic) bond motifs is 3. The molecule has 0 aliphatic rings. The van der Waals surface area contributed by atoms with Gasteiger partial charge in [-0.05, 0) is 17.5 Å². The average molecular weight is 186 g/mol. The predicted molar refractivity (Wildman–Crippen MR) is 54.9 cm³/mol. The van der Waals surface area contributed by atoms with E-state index in [2.05, 4.69) is 21.4 Å². The predicted octanol–water partition coefficient (Wildman–Crippen LogP) is 2.84. The molecule has 0 aliphatic carbocycles. The van der Waals surface area contributed by atoms with Crippen LogP contribution in [0.25, 0.3) is 21.0 Å². The third-order valence-electron chi connectivity index (χ3n) is 2.10. The fourth-order valence-corrected chi connectivity index (χ4v) is 2.25. The number of hydrogen-bond donors (Lipinski definition) is 0. The van der Waals surface area contributed by atoms with Gasteiger partial charge in [0, 0.05) is 29.4 Å². The van der Waals surface area contributed by atoms with E-state index >= 15 is 0 Å². The van der Waals surface area contributed by atoms with E-state index in [1.165, 1.54) is 10.1 Å². The SMILES string of the molecule is c1cc2ncc3sccc3c2cn1. The number of thiophene rings is 1. The minimum absolute atomic E-state index is 1.01. The first-order valence-corrected chi connectivity index (χ1v) is 4.89. The van der Waals surface area contributed by atoms with Gasteiger partial charge in [0.15, 0.2) is 0 Å². The van der Waals surface area contributed by atoms with Crippen LogP contribution in [0.4, 0.5) is 0 Å². The normalized spacial score (nSPS) is 11.1. The average Bonchev–Trinajstić information content (AvgIpc) is 2.65. The van der Waals surface area contributed by atoms with Gasteiger partial charge in [-0.3, -0.25) is 9.97 Å². The summed E-state index contributed by atoms with van der Waals surface area (Å²) in [6, 6.07) is 4.05. The van der Waals surface area contributed by atoms with E-state index < -0.39 is 0 Å². The zero-order chi connectivity index (χ0) is 8.67. The maximum Gasteiger partial charge on any atom is 0.0739 e. The molecule has 3 rings (SSSR count). The van der Waals surface area contributed by atoms with Crippen LogP contribution in [0.15, 0.2) is 36.1 Å². The Kier molecular flexibility index (Phi) is 1.34. The Morgan fingerprint density at radius 2 is 2.08 bits per heavy atom. The molecule has 0 bridgehead atoms. The third kappa shape index (κ3) is 0.939. The Morgan fingerprint density at radius 1 is 1.08 bits per heavy atom. The molecule has 2 nitrogen and oxygen atoms in total. The van der Waals surface area contributed by atoms with Crippen molar-refractivity contribution in [3.8, 4) is 0 Å². The van der Waals surface area contributed by atoms with Gasteiger partial charge >= 0.3 is 0 Å². The van der Waals surface area contributed by atoms with Crippen LogP contribution in [0.2, 0.25) is 0 Å². The fraction of sp³-hybridized carbons (Fsp3) is 0. The van der Waals surface area contributed by atoms with Gasteiger partial charge in [-0.2, -0.15) is 0 Å². The van der Waals surface area contributed by atoms with E-state index in [0.717, 1.165) is 10.9 Å². The monoisotopic (exact) mass is 186 g/mol. The van der Waals surface area contributed by atoms with E-state index in [1.54, 1.807) is 17.5 Å². The maximum atomic E-state index is 4.35. The second-order valence-electron chi connectivity index (χ2n) is 2.85. The highest BCUT2D eigenvalue weighted by atomic mass is 32.1. The van der Waals surface area contributed by atoms with E-state index in [9.17, 15) is 0 Å². The molecule has 13 heavy (non-hydrogen) atoms. The summed E-state index contributed by atoms with van der Waals surface area (Å²) in [4.78, 5) is 8.46. The first-order valence-electron chi connectivity index (χ1n) is 4.01. The Morgan fingerprint density at radius 3 is 3.08 bits per heavy atom. The van der Waals surface area contributed by atoms with Crippen molar-refractivity contribution in [3.63, 3.8) is 0 Å². The van der Waals surface area contributed by atoms with Gasteiger partial charge in [-0.25, -0.2) is 0 Å². The summed E-state index contributed by atoms with van der Waals surface area (Å²) < 4.78 is 1.22. The lowest BCUT2D eigenvalue weighted by atomic mass is 10.2. The zero-order valence-electron chi connectivity index (χ0n) is 6.77. The number of hydrogen-bond acceptors (Lipinski definition) is 3. The molecule has 0 atom stereocenters. The molecule has 0 saturated carbocycles. The van der Waals surface area contributed by atoms with Gasteiger partial charge < -0.3 is 0 Å². The van der Waals surface area contributed by atoms with E-state index in [1.807, 2.05) is 18.5 Å². The fourth-order valence-electron chi connectivity index (χ4n) is 1.48. The highest BCUT2D eigenvalue weighted by Gasteiger charge is 2.00. The van der Waals surface area contributed by atoms with Crippen LogP contribution < -0.4 is 0 Å². The smallest absolute Gasteiger partial charge is 0.0739 e. The molecule has 0 saturated heterocycles. The molecule has 0 unspecified atom stereocenters. The van der Waals surface area contributed by atoms with Crippen LogP contribution in [-0.2, 0) is 0 Å². The van der Waals surface area contributed by atoms with Gasteiger partial charge in [-0.1, -0.05) is 0 Å². The minimum atomic E-state index is 1.01. The molecule has 3 heterocycles. The summed E-state index contributed by atoms with van der Waals surface area (Å²) in [6.45, 7) is 0. The van der Waals surface area contributed by atoms with Crippen molar-refractivity contribution in [1.82, 2.24) is 9.97 Å². The lowest BCUT2D eigenvalue weighted by molar-refractivity contribution is 1.34. The van der Waals surface area contributed by atoms with Gasteiger partial charge in [0.05, 0.1) is 10.2 Å². The van der Waals surface area contributed by atoms with Crippen LogP contribution in [0, 0.1) is 0 Å². The molecule has 3 aromatic heterocycles. The summed E-state index contributed by atoms with van der Waals surface area (Å²) in [5, 5.41) is 4.48. The number of rotatable bonds is 0. The largest absolute Gasteiger partial charge is 0.264 e. The number of pyridine rings is 2. The molecule has 62 valence electrons. The Hall–Kier alpha value is -1.48. The molecule has 0 aliphatic heterocycles. The molecular formula is C10H6N2S. The molecule has 3 heteroatoms. The highest BCUT2D eigenvalue weighted by Crippen LogP contribution is 2.26. The lowest BCUT2D eigenvalue weighted by Gasteiger charge is -1.96. The number of aromatic nitrogens is 2. The highest BCUT2D eigenvalue weighted by molar-refractivity contribution is 7.17. The topological polar surface area (TPSA) is 25.8 Å². The third-order valence-corrected chi connectivity index (χ3v) is 2.96.